The van der Waals surface area contributed by atoms with Gasteiger partial charge in [-0.3, -0.25) is 4.79 Å². The molecule has 0 bridgehead atoms. The molecule has 1 amide bonds. The summed E-state index contributed by atoms with van der Waals surface area (Å²) in [5.74, 6) is -0.662. The smallest absolute Gasteiger partial charge is 0.340 e. The molecule has 0 N–H and O–H groups in total. The quantitative estimate of drug-likeness (QED) is 0.450. The van der Waals surface area contributed by atoms with E-state index in [1.807, 2.05) is 30.5 Å². The number of benzene rings is 1. The first-order valence-electron chi connectivity index (χ1n) is 8.64. The van der Waals surface area contributed by atoms with Crippen LogP contribution in [-0.2, 0) is 19.1 Å². The second kappa shape index (κ2) is 8.10. The molecule has 6 heteroatoms. The highest BCUT2D eigenvalue weighted by molar-refractivity contribution is 7.98. The average molecular weight is 373 g/mol. The van der Waals surface area contributed by atoms with Gasteiger partial charge < -0.3 is 14.4 Å². The molecule has 1 fully saturated rings. The maximum atomic E-state index is 13.0. The molecule has 2 aliphatic rings. The Labute approximate surface area is 158 Å². The monoisotopic (exact) mass is 373 g/mol. The number of carbonyl (C=O) groups is 2. The molecule has 26 heavy (non-hydrogen) atoms. The van der Waals surface area contributed by atoms with Crippen molar-refractivity contribution in [1.29, 1.82) is 0 Å². The van der Waals surface area contributed by atoms with Gasteiger partial charge in [-0.05, 0) is 49.8 Å². The van der Waals surface area contributed by atoms with Gasteiger partial charge in [-0.15, -0.1) is 11.8 Å². The van der Waals surface area contributed by atoms with E-state index in [0.717, 1.165) is 29.9 Å². The molecule has 2 aliphatic heterocycles. The maximum absolute atomic E-state index is 13.0. The minimum absolute atomic E-state index is 0.0213. The molecule has 2 heterocycles. The van der Waals surface area contributed by atoms with Crippen LogP contribution in [0.3, 0.4) is 0 Å². The number of hydrogen-bond donors (Lipinski definition) is 0. The predicted molar refractivity (Wildman–Crippen MR) is 102 cm³/mol. The van der Waals surface area contributed by atoms with Crippen LogP contribution in [0.2, 0.25) is 0 Å². The van der Waals surface area contributed by atoms with Crippen molar-refractivity contribution in [3.63, 3.8) is 0 Å². The Hall–Kier alpha value is -2.05. The number of ether oxygens (including phenoxy) is 2. The van der Waals surface area contributed by atoms with Crippen LogP contribution >= 0.6 is 11.8 Å². The van der Waals surface area contributed by atoms with E-state index in [4.69, 9.17) is 9.47 Å². The van der Waals surface area contributed by atoms with Crippen LogP contribution in [0.4, 0.5) is 0 Å². The number of methoxy groups -OCH3 is 1. The van der Waals surface area contributed by atoms with Gasteiger partial charge in [0.25, 0.3) is 5.91 Å². The predicted octanol–water partition coefficient (Wildman–Crippen LogP) is 3.26. The Morgan fingerprint density at radius 2 is 2.12 bits per heavy atom. The minimum Gasteiger partial charge on any atom is -0.465 e. The molecular weight excluding hydrogens is 350 g/mol. The van der Waals surface area contributed by atoms with E-state index in [1.165, 1.54) is 7.11 Å². The van der Waals surface area contributed by atoms with Crippen molar-refractivity contribution in [1.82, 2.24) is 4.90 Å². The molecule has 0 spiro atoms. The highest BCUT2D eigenvalue weighted by atomic mass is 32.2. The Kier molecular flexibility index (Phi) is 5.84. The van der Waals surface area contributed by atoms with Gasteiger partial charge >= 0.3 is 5.97 Å². The van der Waals surface area contributed by atoms with Gasteiger partial charge in [-0.2, -0.15) is 0 Å². The largest absolute Gasteiger partial charge is 0.465 e. The highest BCUT2D eigenvalue weighted by Gasteiger charge is 2.38. The standard InChI is InChI=1S/C20H23NO4S/c1-13-18(20(23)24-2)17(11-14-6-8-16(26-3)9-7-14)19(22)21(13)12-15-5-4-10-25-15/h6-9,11,15H,4-5,10,12H2,1-3H3/b17-11-/t15-/m1/s1. The summed E-state index contributed by atoms with van der Waals surface area (Å²) in [5.41, 5.74) is 2.22. The Balaban J connectivity index is 1.94. The van der Waals surface area contributed by atoms with Gasteiger partial charge in [0.05, 0.1) is 30.9 Å². The molecule has 5 nitrogen and oxygen atoms in total. The molecule has 1 aromatic carbocycles. The summed E-state index contributed by atoms with van der Waals surface area (Å²) in [6.07, 6.45) is 5.73. The van der Waals surface area contributed by atoms with Crippen LogP contribution in [0.1, 0.15) is 25.3 Å². The van der Waals surface area contributed by atoms with Gasteiger partial charge in [-0.25, -0.2) is 4.79 Å². The number of rotatable bonds is 5. The van der Waals surface area contributed by atoms with Gasteiger partial charge in [0.2, 0.25) is 0 Å². The number of hydrogen-bond acceptors (Lipinski definition) is 5. The second-order valence-corrected chi connectivity index (χ2v) is 7.21. The SMILES string of the molecule is COC(=O)C1=C(C)N(C[C@H]2CCCO2)C(=O)/C1=C\c1ccc(SC)cc1. The molecular formula is C20H23NO4S. The van der Waals surface area contributed by atoms with Crippen molar-refractivity contribution in [3.8, 4) is 0 Å². The molecule has 0 unspecified atom stereocenters. The van der Waals surface area contributed by atoms with E-state index in [0.29, 0.717) is 23.4 Å². The summed E-state index contributed by atoms with van der Waals surface area (Å²) in [4.78, 5) is 28.1. The van der Waals surface area contributed by atoms with Crippen LogP contribution in [0, 0.1) is 0 Å². The molecule has 138 valence electrons. The third-order valence-corrected chi connectivity index (χ3v) is 5.48. The first-order valence-corrected chi connectivity index (χ1v) is 9.86. The Bertz CT molecular complexity index is 761. The van der Waals surface area contributed by atoms with Crippen molar-refractivity contribution in [2.75, 3.05) is 26.5 Å². The molecule has 0 saturated carbocycles. The molecule has 0 aromatic heterocycles. The third-order valence-electron chi connectivity index (χ3n) is 4.74. The molecule has 0 aliphatic carbocycles. The van der Waals surface area contributed by atoms with Crippen molar-refractivity contribution >= 4 is 29.7 Å². The van der Waals surface area contributed by atoms with Crippen LogP contribution in [0.25, 0.3) is 6.08 Å². The molecule has 3 rings (SSSR count). The fourth-order valence-corrected chi connectivity index (χ4v) is 3.71. The molecule has 1 saturated heterocycles. The molecule has 1 atom stereocenters. The molecule has 1 aromatic rings. The van der Waals surface area contributed by atoms with E-state index in [9.17, 15) is 9.59 Å². The number of esters is 1. The number of nitrogens with zero attached hydrogens (tertiary/aromatic N) is 1. The summed E-state index contributed by atoms with van der Waals surface area (Å²) in [6, 6.07) is 7.88. The lowest BCUT2D eigenvalue weighted by Gasteiger charge is -2.21. The fourth-order valence-electron chi connectivity index (χ4n) is 3.31. The summed E-state index contributed by atoms with van der Waals surface area (Å²) in [7, 11) is 1.33. The normalized spacial score (nSPS) is 21.8. The average Bonchev–Trinajstić information content (AvgIpc) is 3.25. The molecule has 0 radical (unpaired) electrons. The lowest BCUT2D eigenvalue weighted by atomic mass is 10.0. The van der Waals surface area contributed by atoms with Crippen LogP contribution in [0.5, 0.6) is 0 Å². The maximum Gasteiger partial charge on any atom is 0.340 e. The van der Waals surface area contributed by atoms with Crippen LogP contribution < -0.4 is 0 Å². The van der Waals surface area contributed by atoms with Crippen molar-refractivity contribution in [2.45, 2.75) is 30.8 Å². The van der Waals surface area contributed by atoms with E-state index >= 15 is 0 Å². The lowest BCUT2D eigenvalue weighted by molar-refractivity contribution is -0.136. The third kappa shape index (κ3) is 3.71. The zero-order valence-corrected chi connectivity index (χ0v) is 16.1. The van der Waals surface area contributed by atoms with Crippen molar-refractivity contribution in [2.24, 2.45) is 0 Å². The van der Waals surface area contributed by atoms with Crippen LogP contribution in [0.15, 0.2) is 46.0 Å². The summed E-state index contributed by atoms with van der Waals surface area (Å²) < 4.78 is 10.6. The zero-order valence-electron chi connectivity index (χ0n) is 15.3. The Morgan fingerprint density at radius 1 is 1.38 bits per heavy atom. The topological polar surface area (TPSA) is 55.8 Å². The van der Waals surface area contributed by atoms with E-state index < -0.39 is 5.97 Å². The first-order chi connectivity index (χ1) is 12.5. The van der Waals surface area contributed by atoms with Crippen molar-refractivity contribution in [3.05, 3.63) is 46.7 Å². The Morgan fingerprint density at radius 3 is 2.69 bits per heavy atom. The van der Waals surface area contributed by atoms with Crippen LogP contribution in [-0.4, -0.2) is 49.4 Å². The number of thioether (sulfide) groups is 1. The lowest BCUT2D eigenvalue weighted by Crippen LogP contribution is -2.33. The van der Waals surface area contributed by atoms with Gasteiger partial charge in [0.15, 0.2) is 0 Å². The minimum atomic E-state index is -0.488. The highest BCUT2D eigenvalue weighted by Crippen LogP contribution is 2.33. The van der Waals surface area contributed by atoms with Gasteiger partial charge in [0, 0.05) is 17.2 Å². The zero-order chi connectivity index (χ0) is 18.7. The van der Waals surface area contributed by atoms with E-state index in [-0.39, 0.29) is 12.0 Å². The number of carbonyl (C=O) groups excluding carboxylic acids is 2. The summed E-state index contributed by atoms with van der Waals surface area (Å²) in [6.45, 7) is 2.98. The van der Waals surface area contributed by atoms with Crippen molar-refractivity contribution < 1.29 is 19.1 Å². The van der Waals surface area contributed by atoms with E-state index in [1.54, 1.807) is 29.7 Å². The summed E-state index contributed by atoms with van der Waals surface area (Å²) >= 11 is 1.66. The van der Waals surface area contributed by atoms with Gasteiger partial charge in [-0.1, -0.05) is 12.1 Å². The fraction of sp³-hybridized carbons (Fsp3) is 0.400. The summed E-state index contributed by atoms with van der Waals surface area (Å²) in [5, 5.41) is 0. The number of allylic oxidation sites excluding steroid dienone is 1. The first kappa shape index (κ1) is 18.7. The second-order valence-electron chi connectivity index (χ2n) is 6.33. The number of amides is 1. The van der Waals surface area contributed by atoms with E-state index in [2.05, 4.69) is 0 Å². The van der Waals surface area contributed by atoms with Gasteiger partial charge in [0.1, 0.15) is 0 Å².